The number of halogens is 1. The first-order valence-corrected chi connectivity index (χ1v) is 12.2. The molecule has 0 bridgehead atoms. The Balaban J connectivity index is 1.57. The molecule has 3 aromatic carbocycles. The van der Waals surface area contributed by atoms with E-state index >= 15 is 0 Å². The largest absolute Gasteiger partial charge is 0.493 e. The molecule has 7 nitrogen and oxygen atoms in total. The lowest BCUT2D eigenvalue weighted by molar-refractivity contribution is 0.104. The molecular weight excluding hydrogens is 536 g/mol. The van der Waals surface area contributed by atoms with Gasteiger partial charge in [-0.05, 0) is 57.4 Å². The Kier molecular flexibility index (Phi) is 8.20. The van der Waals surface area contributed by atoms with Crippen LogP contribution in [0.15, 0.2) is 71.5 Å². The van der Waals surface area contributed by atoms with Crippen LogP contribution in [-0.4, -0.2) is 39.2 Å². The van der Waals surface area contributed by atoms with Crippen LogP contribution in [0.4, 0.5) is 5.69 Å². The zero-order valence-electron chi connectivity index (χ0n) is 20.9. The van der Waals surface area contributed by atoms with Crippen LogP contribution >= 0.6 is 15.9 Å². The van der Waals surface area contributed by atoms with E-state index in [0.29, 0.717) is 34.2 Å². The van der Waals surface area contributed by atoms with Gasteiger partial charge in [-0.15, -0.1) is 0 Å². The lowest BCUT2D eigenvalue weighted by atomic mass is 10.1. The van der Waals surface area contributed by atoms with Gasteiger partial charge in [-0.25, -0.2) is 0 Å². The molecular formula is C29H27BrN2O5. The summed E-state index contributed by atoms with van der Waals surface area (Å²) in [6.07, 6.45) is 8.74. The summed E-state index contributed by atoms with van der Waals surface area (Å²) in [5.74, 6) is 2.19. The number of hydrogen-bond acceptors (Lipinski definition) is 6. The Bertz CT molecular complexity index is 1460. The number of aromatic nitrogens is 1. The van der Waals surface area contributed by atoms with Crippen molar-refractivity contribution in [1.29, 1.82) is 0 Å². The fourth-order valence-electron chi connectivity index (χ4n) is 3.99. The van der Waals surface area contributed by atoms with Crippen molar-refractivity contribution in [1.82, 2.24) is 4.98 Å². The van der Waals surface area contributed by atoms with E-state index in [4.69, 9.17) is 18.9 Å². The summed E-state index contributed by atoms with van der Waals surface area (Å²) in [6, 6.07) is 15.3. The zero-order chi connectivity index (χ0) is 26.4. The summed E-state index contributed by atoms with van der Waals surface area (Å²) in [7, 11) is 6.33. The number of benzene rings is 3. The first-order chi connectivity index (χ1) is 18.0. The molecule has 4 aromatic rings. The van der Waals surface area contributed by atoms with Gasteiger partial charge in [0, 0.05) is 34.9 Å². The highest BCUT2D eigenvalue weighted by Crippen LogP contribution is 2.39. The van der Waals surface area contributed by atoms with Crippen molar-refractivity contribution in [2.45, 2.75) is 0 Å². The van der Waals surface area contributed by atoms with E-state index in [1.807, 2.05) is 60.7 Å². The van der Waals surface area contributed by atoms with Gasteiger partial charge in [0.25, 0.3) is 0 Å². The third kappa shape index (κ3) is 5.65. The van der Waals surface area contributed by atoms with Crippen molar-refractivity contribution in [2.75, 3.05) is 33.8 Å². The standard InChI is InChI=1S/C29H27BrN2O5/c1-34-26-15-19(16-27(35-2)29(26)37-4)10-9-18-13-22(30)28(36-3)24(14-18)31-12-11-25(33)21-17-32-23-8-6-5-7-20(21)23/h5-17,31-32H,1-4H3/b10-9-,12-11-. The average molecular weight is 563 g/mol. The third-order valence-electron chi connectivity index (χ3n) is 5.75. The van der Waals surface area contributed by atoms with Crippen molar-refractivity contribution in [3.05, 3.63) is 88.2 Å². The zero-order valence-corrected chi connectivity index (χ0v) is 22.5. The molecule has 0 spiro atoms. The summed E-state index contributed by atoms with van der Waals surface area (Å²) in [6.45, 7) is 0. The Hall–Kier alpha value is -4.17. The monoisotopic (exact) mass is 562 g/mol. The number of ketones is 1. The number of ether oxygens (including phenoxy) is 4. The van der Waals surface area contributed by atoms with Gasteiger partial charge < -0.3 is 29.2 Å². The van der Waals surface area contributed by atoms with E-state index in [1.165, 1.54) is 6.08 Å². The normalized spacial score (nSPS) is 11.3. The van der Waals surface area contributed by atoms with Gasteiger partial charge in [0.1, 0.15) is 0 Å². The fraction of sp³-hybridized carbons (Fsp3) is 0.138. The number of rotatable bonds is 10. The summed E-state index contributed by atoms with van der Waals surface area (Å²) in [5.41, 5.74) is 4.01. The SMILES string of the molecule is COc1cc(/C=C\c2cc(Br)c(OC)c(N/C=C\C(=O)c3c[nH]c4ccccc34)c2)cc(OC)c1OC. The van der Waals surface area contributed by atoms with E-state index in [-0.39, 0.29) is 5.78 Å². The van der Waals surface area contributed by atoms with Gasteiger partial charge in [-0.2, -0.15) is 0 Å². The Labute approximate surface area is 223 Å². The Morgan fingerprint density at radius 2 is 1.51 bits per heavy atom. The number of carbonyl (C=O) groups excluding carboxylic acids is 1. The molecule has 37 heavy (non-hydrogen) atoms. The molecule has 0 amide bonds. The number of anilines is 1. The van der Waals surface area contributed by atoms with Crippen LogP contribution < -0.4 is 24.3 Å². The van der Waals surface area contributed by atoms with E-state index in [1.54, 1.807) is 40.8 Å². The molecule has 0 fully saturated rings. The molecule has 4 rings (SSSR count). The Morgan fingerprint density at radius 3 is 2.16 bits per heavy atom. The van der Waals surface area contributed by atoms with Crippen LogP contribution in [0.5, 0.6) is 23.0 Å². The molecule has 0 saturated heterocycles. The van der Waals surface area contributed by atoms with Crippen molar-refractivity contribution in [3.8, 4) is 23.0 Å². The van der Waals surface area contributed by atoms with Crippen LogP contribution in [0.1, 0.15) is 21.5 Å². The number of H-pyrrole nitrogens is 1. The molecule has 1 heterocycles. The maximum atomic E-state index is 12.8. The average Bonchev–Trinajstić information content (AvgIpc) is 3.35. The lowest BCUT2D eigenvalue weighted by Crippen LogP contribution is -1.98. The van der Waals surface area contributed by atoms with Gasteiger partial charge in [0.2, 0.25) is 5.75 Å². The molecule has 0 aliphatic heterocycles. The summed E-state index contributed by atoms with van der Waals surface area (Å²) >= 11 is 3.58. The summed E-state index contributed by atoms with van der Waals surface area (Å²) in [5, 5.41) is 4.06. The summed E-state index contributed by atoms with van der Waals surface area (Å²) < 4.78 is 22.6. The van der Waals surface area contributed by atoms with Crippen LogP contribution in [0.2, 0.25) is 0 Å². The minimum atomic E-state index is -0.110. The number of carbonyl (C=O) groups is 1. The second-order valence-corrected chi connectivity index (χ2v) is 8.82. The number of fused-ring (bicyclic) bond motifs is 1. The second kappa shape index (κ2) is 11.7. The van der Waals surface area contributed by atoms with E-state index in [2.05, 4.69) is 26.2 Å². The van der Waals surface area contributed by atoms with Crippen molar-refractivity contribution in [3.63, 3.8) is 0 Å². The highest BCUT2D eigenvalue weighted by molar-refractivity contribution is 9.10. The van der Waals surface area contributed by atoms with Gasteiger partial charge in [0.15, 0.2) is 23.0 Å². The molecule has 2 N–H and O–H groups in total. The topological polar surface area (TPSA) is 81.8 Å². The third-order valence-corrected chi connectivity index (χ3v) is 6.34. The predicted molar refractivity (Wildman–Crippen MR) is 151 cm³/mol. The highest BCUT2D eigenvalue weighted by atomic mass is 79.9. The summed E-state index contributed by atoms with van der Waals surface area (Å²) in [4.78, 5) is 15.9. The maximum Gasteiger partial charge on any atom is 0.203 e. The van der Waals surface area contributed by atoms with Crippen molar-refractivity contribution < 1.29 is 23.7 Å². The molecule has 1 aromatic heterocycles. The molecule has 8 heteroatoms. The predicted octanol–water partition coefficient (Wildman–Crippen LogP) is 6.94. The van der Waals surface area contributed by atoms with Crippen LogP contribution in [-0.2, 0) is 0 Å². The smallest absolute Gasteiger partial charge is 0.203 e. The number of methoxy groups -OCH3 is 4. The fourth-order valence-corrected chi connectivity index (χ4v) is 4.63. The molecule has 0 radical (unpaired) electrons. The maximum absolute atomic E-state index is 12.8. The number of hydrogen-bond donors (Lipinski definition) is 2. The number of aromatic amines is 1. The quantitative estimate of drug-likeness (QED) is 0.124. The minimum Gasteiger partial charge on any atom is -0.493 e. The number of nitrogens with one attached hydrogen (secondary N) is 2. The Morgan fingerprint density at radius 1 is 0.865 bits per heavy atom. The van der Waals surface area contributed by atoms with Gasteiger partial charge in [-0.1, -0.05) is 30.4 Å². The van der Waals surface area contributed by atoms with Gasteiger partial charge in [-0.3, -0.25) is 4.79 Å². The molecule has 0 aliphatic rings. The minimum absolute atomic E-state index is 0.110. The van der Waals surface area contributed by atoms with Gasteiger partial charge in [0.05, 0.1) is 38.6 Å². The van der Waals surface area contributed by atoms with E-state index in [0.717, 1.165) is 26.5 Å². The van der Waals surface area contributed by atoms with Crippen LogP contribution in [0.25, 0.3) is 23.1 Å². The van der Waals surface area contributed by atoms with E-state index in [9.17, 15) is 4.79 Å². The second-order valence-electron chi connectivity index (χ2n) is 7.97. The molecule has 0 atom stereocenters. The molecule has 0 aliphatic carbocycles. The van der Waals surface area contributed by atoms with Crippen LogP contribution in [0, 0.1) is 0 Å². The van der Waals surface area contributed by atoms with Crippen molar-refractivity contribution in [2.24, 2.45) is 0 Å². The lowest BCUT2D eigenvalue weighted by Gasteiger charge is -2.13. The molecule has 0 saturated carbocycles. The number of para-hydroxylation sites is 1. The molecule has 0 unspecified atom stereocenters. The number of allylic oxidation sites excluding steroid dienone is 1. The van der Waals surface area contributed by atoms with Crippen LogP contribution in [0.3, 0.4) is 0 Å². The van der Waals surface area contributed by atoms with Gasteiger partial charge >= 0.3 is 0 Å². The van der Waals surface area contributed by atoms with Crippen molar-refractivity contribution >= 4 is 50.5 Å². The first kappa shape index (κ1) is 25.9. The highest BCUT2D eigenvalue weighted by Gasteiger charge is 2.13. The van der Waals surface area contributed by atoms with E-state index < -0.39 is 0 Å². The molecule has 190 valence electrons. The first-order valence-electron chi connectivity index (χ1n) is 11.4.